The molecule has 2 rings (SSSR count). The number of nitrogens with zero attached hydrogens (tertiary/aromatic N) is 4. The van der Waals surface area contributed by atoms with Crippen LogP contribution < -0.4 is 4.72 Å². The van der Waals surface area contributed by atoms with Gasteiger partial charge in [0.1, 0.15) is 4.90 Å². The molecule has 8 heteroatoms. The summed E-state index contributed by atoms with van der Waals surface area (Å²) < 4.78 is 31.5. The minimum Gasteiger partial charge on any atom is -0.271 e. The number of rotatable bonds is 5. The fourth-order valence-electron chi connectivity index (χ4n) is 2.70. The Morgan fingerprint density at radius 2 is 1.91 bits per heavy atom. The molecule has 2 heterocycles. The smallest absolute Gasteiger partial charge is 0.244 e. The zero-order valence-corrected chi connectivity index (χ0v) is 14.7. The van der Waals surface area contributed by atoms with E-state index in [9.17, 15) is 8.42 Å². The van der Waals surface area contributed by atoms with Crippen LogP contribution in [0.25, 0.3) is 0 Å². The molecule has 2 aromatic rings. The average molecular weight is 325 g/mol. The van der Waals surface area contributed by atoms with Crippen molar-refractivity contribution in [2.24, 2.45) is 7.05 Å². The van der Waals surface area contributed by atoms with Gasteiger partial charge in [0.05, 0.1) is 17.6 Å². The summed E-state index contributed by atoms with van der Waals surface area (Å²) in [5.74, 6) is 0. The monoisotopic (exact) mass is 325 g/mol. The molecule has 1 atom stereocenters. The lowest BCUT2D eigenvalue weighted by atomic mass is 10.1. The Morgan fingerprint density at radius 1 is 1.27 bits per heavy atom. The second kappa shape index (κ2) is 5.85. The minimum absolute atomic E-state index is 0.252. The maximum Gasteiger partial charge on any atom is 0.244 e. The van der Waals surface area contributed by atoms with Gasteiger partial charge in [-0.1, -0.05) is 0 Å². The Hall–Kier alpha value is -1.67. The Labute approximate surface area is 131 Å². The van der Waals surface area contributed by atoms with E-state index < -0.39 is 10.0 Å². The molecule has 122 valence electrons. The standard InChI is InChI=1S/C14H23N5O2S/c1-7-19-11(4)13(8-15-19)9(2)17-22(20,21)14-10(3)16-18(6)12(14)5/h8-9,17H,7H2,1-6H3. The minimum atomic E-state index is -3.63. The summed E-state index contributed by atoms with van der Waals surface area (Å²) in [6, 6.07) is -0.357. The van der Waals surface area contributed by atoms with Crippen LogP contribution in [-0.4, -0.2) is 28.0 Å². The lowest BCUT2D eigenvalue weighted by Crippen LogP contribution is -2.28. The SMILES string of the molecule is CCn1ncc(C(C)NS(=O)(=O)c2c(C)nn(C)c2C)c1C. The van der Waals surface area contributed by atoms with Gasteiger partial charge in [-0.25, -0.2) is 13.1 Å². The maximum atomic E-state index is 12.7. The van der Waals surface area contributed by atoms with E-state index in [1.807, 2.05) is 25.5 Å². The zero-order valence-electron chi connectivity index (χ0n) is 13.9. The van der Waals surface area contributed by atoms with E-state index in [4.69, 9.17) is 0 Å². The predicted octanol–water partition coefficient (Wildman–Crippen LogP) is 1.60. The third-order valence-corrected chi connectivity index (χ3v) is 5.74. The van der Waals surface area contributed by atoms with Crippen LogP contribution in [0.3, 0.4) is 0 Å². The molecule has 1 N–H and O–H groups in total. The van der Waals surface area contributed by atoms with E-state index in [0.29, 0.717) is 11.4 Å². The molecule has 0 bridgehead atoms. The van der Waals surface area contributed by atoms with Crippen LogP contribution in [0.1, 0.15) is 42.5 Å². The van der Waals surface area contributed by atoms with Crippen molar-refractivity contribution in [1.82, 2.24) is 24.3 Å². The third kappa shape index (κ3) is 2.80. The Kier molecular flexibility index (Phi) is 4.44. The lowest BCUT2D eigenvalue weighted by Gasteiger charge is -2.14. The highest BCUT2D eigenvalue weighted by Crippen LogP contribution is 2.23. The van der Waals surface area contributed by atoms with Crippen LogP contribution in [0, 0.1) is 20.8 Å². The number of hydrogen-bond acceptors (Lipinski definition) is 4. The Bertz CT molecular complexity index is 789. The zero-order chi connectivity index (χ0) is 16.7. The van der Waals surface area contributed by atoms with Gasteiger partial charge in [-0.15, -0.1) is 0 Å². The van der Waals surface area contributed by atoms with Crippen molar-refractivity contribution in [2.75, 3.05) is 0 Å². The summed E-state index contributed by atoms with van der Waals surface area (Å²) >= 11 is 0. The van der Waals surface area contributed by atoms with Crippen LogP contribution in [0.4, 0.5) is 0 Å². The normalized spacial score (nSPS) is 13.5. The van der Waals surface area contributed by atoms with E-state index in [1.165, 1.54) is 0 Å². The van der Waals surface area contributed by atoms with Crippen LogP contribution in [0.15, 0.2) is 11.1 Å². The van der Waals surface area contributed by atoms with Crippen molar-refractivity contribution in [1.29, 1.82) is 0 Å². The first-order chi connectivity index (χ1) is 10.2. The molecule has 22 heavy (non-hydrogen) atoms. The first-order valence-electron chi connectivity index (χ1n) is 7.23. The summed E-state index contributed by atoms with van der Waals surface area (Å²) in [4.78, 5) is 0.252. The quantitative estimate of drug-likeness (QED) is 0.905. The summed E-state index contributed by atoms with van der Waals surface area (Å²) in [5, 5.41) is 8.44. The summed E-state index contributed by atoms with van der Waals surface area (Å²) in [5.41, 5.74) is 2.97. The van der Waals surface area contributed by atoms with E-state index in [1.54, 1.807) is 31.8 Å². The highest BCUT2D eigenvalue weighted by atomic mass is 32.2. The molecule has 0 aliphatic rings. The first kappa shape index (κ1) is 16.7. The van der Waals surface area contributed by atoms with Gasteiger partial charge in [0, 0.05) is 30.9 Å². The average Bonchev–Trinajstić information content (AvgIpc) is 2.89. The van der Waals surface area contributed by atoms with Gasteiger partial charge < -0.3 is 0 Å². The molecule has 0 amide bonds. The molecule has 0 aliphatic heterocycles. The predicted molar refractivity (Wildman–Crippen MR) is 84.1 cm³/mol. The van der Waals surface area contributed by atoms with Gasteiger partial charge in [-0.05, 0) is 34.6 Å². The Morgan fingerprint density at radius 3 is 2.36 bits per heavy atom. The second-order valence-corrected chi connectivity index (χ2v) is 7.12. The van der Waals surface area contributed by atoms with Crippen LogP contribution in [0.5, 0.6) is 0 Å². The van der Waals surface area contributed by atoms with Crippen molar-refractivity contribution in [3.63, 3.8) is 0 Å². The molecule has 2 aromatic heterocycles. The number of aromatic nitrogens is 4. The molecular formula is C14H23N5O2S. The fourth-order valence-corrected chi connectivity index (χ4v) is 4.36. The van der Waals surface area contributed by atoms with Crippen molar-refractivity contribution in [3.05, 3.63) is 28.8 Å². The van der Waals surface area contributed by atoms with Gasteiger partial charge in [0.2, 0.25) is 10.0 Å². The summed E-state index contributed by atoms with van der Waals surface area (Å²) in [6.07, 6.45) is 1.72. The van der Waals surface area contributed by atoms with E-state index in [-0.39, 0.29) is 10.9 Å². The van der Waals surface area contributed by atoms with Gasteiger partial charge >= 0.3 is 0 Å². The maximum absolute atomic E-state index is 12.7. The van der Waals surface area contributed by atoms with E-state index in [2.05, 4.69) is 14.9 Å². The lowest BCUT2D eigenvalue weighted by molar-refractivity contribution is 0.564. The van der Waals surface area contributed by atoms with Crippen molar-refractivity contribution < 1.29 is 8.42 Å². The number of aryl methyl sites for hydroxylation is 3. The summed E-state index contributed by atoms with van der Waals surface area (Å²) in [6.45, 7) is 9.97. The van der Waals surface area contributed by atoms with Crippen LogP contribution in [-0.2, 0) is 23.6 Å². The highest BCUT2D eigenvalue weighted by molar-refractivity contribution is 7.89. The van der Waals surface area contributed by atoms with Crippen molar-refractivity contribution in [2.45, 2.75) is 52.1 Å². The first-order valence-corrected chi connectivity index (χ1v) is 8.72. The number of hydrogen-bond donors (Lipinski definition) is 1. The third-order valence-electron chi connectivity index (χ3n) is 3.95. The molecule has 0 saturated carbocycles. The molecule has 7 nitrogen and oxygen atoms in total. The number of nitrogens with one attached hydrogen (secondary N) is 1. The van der Waals surface area contributed by atoms with Gasteiger partial charge in [0.25, 0.3) is 0 Å². The van der Waals surface area contributed by atoms with Crippen LogP contribution in [0.2, 0.25) is 0 Å². The topological polar surface area (TPSA) is 81.8 Å². The molecular weight excluding hydrogens is 302 g/mol. The molecule has 0 radical (unpaired) electrons. The van der Waals surface area contributed by atoms with Gasteiger partial charge in [-0.2, -0.15) is 10.2 Å². The molecule has 0 saturated heterocycles. The van der Waals surface area contributed by atoms with Crippen LogP contribution >= 0.6 is 0 Å². The van der Waals surface area contributed by atoms with Crippen molar-refractivity contribution in [3.8, 4) is 0 Å². The molecule has 1 unspecified atom stereocenters. The van der Waals surface area contributed by atoms with Crippen molar-refractivity contribution >= 4 is 10.0 Å². The summed E-state index contributed by atoms with van der Waals surface area (Å²) in [7, 11) is -1.90. The van der Waals surface area contributed by atoms with E-state index in [0.717, 1.165) is 17.8 Å². The molecule has 0 fully saturated rings. The molecule has 0 aromatic carbocycles. The molecule has 0 aliphatic carbocycles. The van der Waals surface area contributed by atoms with Gasteiger partial charge in [-0.3, -0.25) is 9.36 Å². The molecule has 0 spiro atoms. The fraction of sp³-hybridized carbons (Fsp3) is 0.571. The largest absolute Gasteiger partial charge is 0.271 e. The number of sulfonamides is 1. The van der Waals surface area contributed by atoms with E-state index >= 15 is 0 Å². The Balaban J connectivity index is 2.34. The van der Waals surface area contributed by atoms with Gasteiger partial charge in [0.15, 0.2) is 0 Å². The highest BCUT2D eigenvalue weighted by Gasteiger charge is 2.26. The second-order valence-electron chi connectivity index (χ2n) is 5.47.